The molecule has 1 amide bonds. The van der Waals surface area contributed by atoms with Gasteiger partial charge in [0, 0.05) is 25.0 Å². The van der Waals surface area contributed by atoms with E-state index in [0.29, 0.717) is 18.0 Å². The maximum absolute atomic E-state index is 11.8. The van der Waals surface area contributed by atoms with Gasteiger partial charge in [0.15, 0.2) is 11.5 Å². The minimum atomic E-state index is -0.123. The third kappa shape index (κ3) is 5.14. The van der Waals surface area contributed by atoms with Gasteiger partial charge in [-0.15, -0.1) is 0 Å². The zero-order valence-corrected chi connectivity index (χ0v) is 13.3. The van der Waals surface area contributed by atoms with E-state index in [-0.39, 0.29) is 5.91 Å². The molecule has 0 aliphatic heterocycles. The number of rotatable bonds is 7. The van der Waals surface area contributed by atoms with Crippen LogP contribution >= 0.6 is 0 Å². The lowest BCUT2D eigenvalue weighted by molar-refractivity contribution is -0.116. The van der Waals surface area contributed by atoms with Crippen LogP contribution in [0.1, 0.15) is 11.1 Å². The number of hydrogen-bond donors (Lipinski definition) is 1. The van der Waals surface area contributed by atoms with Gasteiger partial charge in [0.25, 0.3) is 0 Å². The average molecular weight is 312 g/mol. The predicted octanol–water partition coefficient (Wildman–Crippen LogP) is 2.47. The van der Waals surface area contributed by atoms with Crippen molar-refractivity contribution >= 4 is 12.0 Å². The highest BCUT2D eigenvalue weighted by atomic mass is 16.5. The molecule has 0 saturated heterocycles. The van der Waals surface area contributed by atoms with Crippen LogP contribution in [0, 0.1) is 0 Å². The molecular weight excluding hydrogens is 292 g/mol. The van der Waals surface area contributed by atoms with E-state index in [1.54, 1.807) is 32.7 Å². The highest BCUT2D eigenvalue weighted by Gasteiger charge is 2.04. The van der Waals surface area contributed by atoms with Crippen LogP contribution in [0.15, 0.2) is 48.8 Å². The molecule has 0 atom stereocenters. The van der Waals surface area contributed by atoms with E-state index >= 15 is 0 Å². The van der Waals surface area contributed by atoms with Crippen LogP contribution in [-0.2, 0) is 11.2 Å². The number of benzene rings is 1. The first-order valence-electron chi connectivity index (χ1n) is 7.30. The molecule has 1 N–H and O–H groups in total. The maximum atomic E-state index is 11.8. The fourth-order valence-corrected chi connectivity index (χ4v) is 2.07. The van der Waals surface area contributed by atoms with E-state index < -0.39 is 0 Å². The minimum Gasteiger partial charge on any atom is -0.493 e. The second-order valence-corrected chi connectivity index (χ2v) is 4.84. The Kier molecular flexibility index (Phi) is 6.17. The fourth-order valence-electron chi connectivity index (χ4n) is 2.07. The number of ether oxygens (including phenoxy) is 2. The average Bonchev–Trinajstić information content (AvgIpc) is 2.60. The standard InChI is InChI=1S/C18H20N2O3/c1-22-16-5-3-15(13-17(16)23-2)9-12-20-18(21)6-4-14-7-10-19-11-8-14/h3-8,10-11,13H,9,12H2,1-2H3,(H,20,21)/b6-4+. The van der Waals surface area contributed by atoms with Crippen molar-refractivity contribution in [2.75, 3.05) is 20.8 Å². The smallest absolute Gasteiger partial charge is 0.244 e. The Balaban J connectivity index is 1.82. The van der Waals surface area contributed by atoms with E-state index in [1.165, 1.54) is 6.08 Å². The lowest BCUT2D eigenvalue weighted by atomic mass is 10.1. The van der Waals surface area contributed by atoms with Gasteiger partial charge in [0.2, 0.25) is 5.91 Å². The number of nitrogens with zero attached hydrogens (tertiary/aromatic N) is 1. The summed E-state index contributed by atoms with van der Waals surface area (Å²) in [6, 6.07) is 9.41. The van der Waals surface area contributed by atoms with Crippen LogP contribution < -0.4 is 14.8 Å². The summed E-state index contributed by atoms with van der Waals surface area (Å²) in [5, 5.41) is 2.85. The first-order chi connectivity index (χ1) is 11.2. The van der Waals surface area contributed by atoms with Crippen LogP contribution in [0.5, 0.6) is 11.5 Å². The second-order valence-electron chi connectivity index (χ2n) is 4.84. The zero-order valence-electron chi connectivity index (χ0n) is 13.3. The number of carbonyl (C=O) groups excluding carboxylic acids is 1. The van der Waals surface area contributed by atoms with Crippen molar-refractivity contribution < 1.29 is 14.3 Å². The van der Waals surface area contributed by atoms with Crippen molar-refractivity contribution in [1.29, 1.82) is 0 Å². The molecule has 2 aromatic rings. The van der Waals surface area contributed by atoms with Crippen LogP contribution in [0.4, 0.5) is 0 Å². The Morgan fingerprint density at radius 2 is 1.87 bits per heavy atom. The maximum Gasteiger partial charge on any atom is 0.244 e. The summed E-state index contributed by atoms with van der Waals surface area (Å²) in [5.41, 5.74) is 2.01. The Hall–Kier alpha value is -2.82. The van der Waals surface area contributed by atoms with Crippen LogP contribution in [0.2, 0.25) is 0 Å². The summed E-state index contributed by atoms with van der Waals surface area (Å²) in [5.74, 6) is 1.26. The molecule has 0 radical (unpaired) electrons. The molecule has 0 aliphatic carbocycles. The molecule has 1 heterocycles. The fraction of sp³-hybridized carbons (Fsp3) is 0.222. The molecule has 5 heteroatoms. The Labute approximate surface area is 136 Å². The molecule has 0 unspecified atom stereocenters. The van der Waals surface area contributed by atoms with Gasteiger partial charge in [0.1, 0.15) is 0 Å². The SMILES string of the molecule is COc1ccc(CCNC(=O)/C=C/c2ccncc2)cc1OC. The van der Waals surface area contributed by atoms with Crippen LogP contribution in [0.3, 0.4) is 0 Å². The quantitative estimate of drug-likeness (QED) is 0.798. The summed E-state index contributed by atoms with van der Waals surface area (Å²) in [7, 11) is 3.21. The highest BCUT2D eigenvalue weighted by Crippen LogP contribution is 2.27. The third-order valence-electron chi connectivity index (χ3n) is 3.29. The summed E-state index contributed by atoms with van der Waals surface area (Å²) in [6.45, 7) is 0.551. The largest absolute Gasteiger partial charge is 0.493 e. The van der Waals surface area contributed by atoms with Gasteiger partial charge in [-0.2, -0.15) is 0 Å². The monoisotopic (exact) mass is 312 g/mol. The molecule has 0 fully saturated rings. The van der Waals surface area contributed by atoms with Crippen LogP contribution in [0.25, 0.3) is 6.08 Å². The van der Waals surface area contributed by atoms with Crippen molar-refractivity contribution in [1.82, 2.24) is 10.3 Å². The van der Waals surface area contributed by atoms with E-state index in [0.717, 1.165) is 17.5 Å². The zero-order chi connectivity index (χ0) is 16.5. The Bertz CT molecular complexity index is 669. The summed E-state index contributed by atoms with van der Waals surface area (Å²) in [6.07, 6.45) is 7.37. The number of carbonyl (C=O) groups is 1. The molecule has 0 aliphatic rings. The number of pyridine rings is 1. The lowest BCUT2D eigenvalue weighted by Crippen LogP contribution is -2.23. The first-order valence-corrected chi connectivity index (χ1v) is 7.30. The summed E-state index contributed by atoms with van der Waals surface area (Å²) < 4.78 is 10.5. The van der Waals surface area contributed by atoms with Gasteiger partial charge in [-0.05, 0) is 47.9 Å². The number of hydrogen-bond acceptors (Lipinski definition) is 4. The molecule has 120 valence electrons. The van der Waals surface area contributed by atoms with E-state index in [4.69, 9.17) is 9.47 Å². The Morgan fingerprint density at radius 3 is 2.57 bits per heavy atom. The van der Waals surface area contributed by atoms with Crippen molar-refractivity contribution in [2.24, 2.45) is 0 Å². The topological polar surface area (TPSA) is 60.5 Å². The lowest BCUT2D eigenvalue weighted by Gasteiger charge is -2.09. The minimum absolute atomic E-state index is 0.123. The predicted molar refractivity (Wildman–Crippen MR) is 89.5 cm³/mol. The van der Waals surface area contributed by atoms with Gasteiger partial charge < -0.3 is 14.8 Å². The highest BCUT2D eigenvalue weighted by molar-refractivity contribution is 5.91. The number of amides is 1. The molecule has 5 nitrogen and oxygen atoms in total. The number of nitrogens with one attached hydrogen (secondary N) is 1. The molecule has 1 aromatic heterocycles. The molecule has 0 spiro atoms. The van der Waals surface area contributed by atoms with Gasteiger partial charge >= 0.3 is 0 Å². The van der Waals surface area contributed by atoms with Crippen molar-refractivity contribution in [3.05, 3.63) is 59.9 Å². The second kappa shape index (κ2) is 8.58. The van der Waals surface area contributed by atoms with Crippen molar-refractivity contribution in [3.8, 4) is 11.5 Å². The van der Waals surface area contributed by atoms with Gasteiger partial charge in [-0.3, -0.25) is 9.78 Å². The molecule has 2 rings (SSSR count). The first kappa shape index (κ1) is 16.5. The van der Waals surface area contributed by atoms with Crippen molar-refractivity contribution in [2.45, 2.75) is 6.42 Å². The van der Waals surface area contributed by atoms with E-state index in [2.05, 4.69) is 10.3 Å². The van der Waals surface area contributed by atoms with Crippen molar-refractivity contribution in [3.63, 3.8) is 0 Å². The van der Waals surface area contributed by atoms with E-state index in [1.807, 2.05) is 30.3 Å². The van der Waals surface area contributed by atoms with Gasteiger partial charge in [-0.1, -0.05) is 6.07 Å². The molecule has 1 aromatic carbocycles. The molecule has 23 heavy (non-hydrogen) atoms. The van der Waals surface area contributed by atoms with E-state index in [9.17, 15) is 4.79 Å². The Morgan fingerprint density at radius 1 is 1.13 bits per heavy atom. The van der Waals surface area contributed by atoms with Gasteiger partial charge in [-0.25, -0.2) is 0 Å². The number of methoxy groups -OCH3 is 2. The summed E-state index contributed by atoms with van der Waals surface area (Å²) in [4.78, 5) is 15.7. The molecule has 0 saturated carbocycles. The van der Waals surface area contributed by atoms with Gasteiger partial charge in [0.05, 0.1) is 14.2 Å². The molecular formula is C18H20N2O3. The summed E-state index contributed by atoms with van der Waals surface area (Å²) >= 11 is 0. The number of aromatic nitrogens is 1. The normalized spacial score (nSPS) is 10.5. The third-order valence-corrected chi connectivity index (χ3v) is 3.29. The molecule has 0 bridgehead atoms. The van der Waals surface area contributed by atoms with Crippen LogP contribution in [-0.4, -0.2) is 31.7 Å².